The predicted octanol–water partition coefficient (Wildman–Crippen LogP) is 4.15. The van der Waals surface area contributed by atoms with Gasteiger partial charge >= 0.3 is 0 Å². The van der Waals surface area contributed by atoms with E-state index in [2.05, 4.69) is 26.8 Å². The fourth-order valence-corrected chi connectivity index (χ4v) is 4.25. The first-order valence-electron chi connectivity index (χ1n) is 8.72. The van der Waals surface area contributed by atoms with Crippen molar-refractivity contribution in [2.24, 2.45) is 17.8 Å². The normalized spacial score (nSPS) is 30.2. The number of allylic oxidation sites excluding steroid dienone is 5. The van der Waals surface area contributed by atoms with Crippen LogP contribution in [0.15, 0.2) is 34.1 Å². The molecule has 3 rings (SSSR count). The first kappa shape index (κ1) is 16.2. The average Bonchev–Trinajstić information content (AvgIpc) is 2.51. The van der Waals surface area contributed by atoms with Crippen molar-refractivity contribution in [3.63, 3.8) is 0 Å². The van der Waals surface area contributed by atoms with E-state index >= 15 is 0 Å². The summed E-state index contributed by atoms with van der Waals surface area (Å²) in [5.41, 5.74) is 3.67. The molecule has 0 radical (unpaired) electrons. The molecular formula is C20H26O3. The van der Waals surface area contributed by atoms with Gasteiger partial charge in [-0.15, -0.1) is 0 Å². The maximum absolute atomic E-state index is 12.5. The summed E-state index contributed by atoms with van der Waals surface area (Å²) in [4.78, 5) is 24.7. The zero-order valence-electron chi connectivity index (χ0n) is 14.6. The van der Waals surface area contributed by atoms with Crippen LogP contribution in [0.1, 0.15) is 53.4 Å². The number of rotatable bonds is 3. The van der Waals surface area contributed by atoms with Gasteiger partial charge in [0.1, 0.15) is 5.76 Å². The van der Waals surface area contributed by atoms with Crippen LogP contribution < -0.4 is 0 Å². The Bertz CT molecular complexity index is 644. The van der Waals surface area contributed by atoms with Crippen LogP contribution in [-0.4, -0.2) is 18.2 Å². The fraction of sp³-hybridized carbons (Fsp3) is 0.600. The number of ketones is 2. The molecule has 0 aromatic carbocycles. The van der Waals surface area contributed by atoms with E-state index in [1.807, 2.05) is 0 Å². The van der Waals surface area contributed by atoms with Crippen molar-refractivity contribution in [1.29, 1.82) is 0 Å². The minimum absolute atomic E-state index is 0.168. The van der Waals surface area contributed by atoms with Gasteiger partial charge in [0.15, 0.2) is 0 Å². The van der Waals surface area contributed by atoms with Gasteiger partial charge in [-0.1, -0.05) is 18.6 Å². The van der Waals surface area contributed by atoms with Crippen LogP contribution in [0.5, 0.6) is 0 Å². The Balaban J connectivity index is 1.96. The number of carbonyl (C=O) groups is 2. The van der Waals surface area contributed by atoms with E-state index in [1.165, 1.54) is 5.57 Å². The monoisotopic (exact) mass is 314 g/mol. The van der Waals surface area contributed by atoms with Gasteiger partial charge in [0.25, 0.3) is 0 Å². The Morgan fingerprint density at radius 2 is 1.91 bits per heavy atom. The van der Waals surface area contributed by atoms with Crippen molar-refractivity contribution >= 4 is 11.6 Å². The summed E-state index contributed by atoms with van der Waals surface area (Å²) in [5, 5.41) is 0. The highest BCUT2D eigenvalue weighted by Gasteiger charge is 2.46. The first-order valence-corrected chi connectivity index (χ1v) is 8.72. The largest absolute Gasteiger partial charge is 0.493 e. The van der Waals surface area contributed by atoms with Crippen LogP contribution in [0.2, 0.25) is 0 Å². The van der Waals surface area contributed by atoms with Crippen LogP contribution >= 0.6 is 0 Å². The van der Waals surface area contributed by atoms with Crippen molar-refractivity contribution in [1.82, 2.24) is 0 Å². The fourth-order valence-electron chi connectivity index (χ4n) is 4.25. The number of ether oxygens (including phenoxy) is 1. The zero-order chi connectivity index (χ0) is 16.7. The second-order valence-corrected chi connectivity index (χ2v) is 7.45. The standard InChI is InChI=1S/C20H26O3/c1-11(2)6-5-7-14-10-23-20-13(4)18(21)19(22)16-12(3)8-9-15(14)17(16)20/h6,12,14-15H,5,7-10H2,1-4H3. The Morgan fingerprint density at radius 3 is 2.61 bits per heavy atom. The second kappa shape index (κ2) is 6.10. The Labute approximate surface area is 138 Å². The third kappa shape index (κ3) is 2.71. The van der Waals surface area contributed by atoms with Crippen LogP contribution in [0.25, 0.3) is 0 Å². The Morgan fingerprint density at radius 1 is 1.17 bits per heavy atom. The summed E-state index contributed by atoms with van der Waals surface area (Å²) in [6.07, 6.45) is 6.49. The molecule has 0 N–H and O–H groups in total. The molecule has 0 bridgehead atoms. The van der Waals surface area contributed by atoms with Crippen LogP contribution in [0.4, 0.5) is 0 Å². The second-order valence-electron chi connectivity index (χ2n) is 7.45. The molecule has 3 heteroatoms. The highest BCUT2D eigenvalue weighted by molar-refractivity contribution is 6.50. The van der Waals surface area contributed by atoms with Gasteiger partial charge in [0, 0.05) is 22.6 Å². The molecule has 3 atom stereocenters. The molecule has 3 unspecified atom stereocenters. The smallest absolute Gasteiger partial charge is 0.232 e. The first-order chi connectivity index (χ1) is 10.9. The molecule has 1 fully saturated rings. The van der Waals surface area contributed by atoms with E-state index < -0.39 is 0 Å². The van der Waals surface area contributed by atoms with E-state index in [4.69, 9.17) is 4.74 Å². The summed E-state index contributed by atoms with van der Waals surface area (Å²) in [6.45, 7) is 8.71. The summed E-state index contributed by atoms with van der Waals surface area (Å²) in [7, 11) is 0. The number of hydrogen-bond acceptors (Lipinski definition) is 3. The van der Waals surface area contributed by atoms with Crippen molar-refractivity contribution in [3.05, 3.63) is 34.1 Å². The van der Waals surface area contributed by atoms with Crippen LogP contribution in [0, 0.1) is 17.8 Å². The SMILES string of the molecule is CC(C)=CCCC1COC2=C(C)C(=O)C(=O)C3=C2C1CCC3C. The van der Waals surface area contributed by atoms with Gasteiger partial charge < -0.3 is 4.74 Å². The van der Waals surface area contributed by atoms with Crippen molar-refractivity contribution in [2.45, 2.75) is 53.4 Å². The predicted molar refractivity (Wildman–Crippen MR) is 89.7 cm³/mol. The molecule has 3 nitrogen and oxygen atoms in total. The molecule has 0 aromatic rings. The Kier molecular flexibility index (Phi) is 4.31. The van der Waals surface area contributed by atoms with Gasteiger partial charge in [0.2, 0.25) is 11.6 Å². The molecule has 0 saturated carbocycles. The molecule has 1 heterocycles. The van der Waals surface area contributed by atoms with Gasteiger partial charge in [0.05, 0.1) is 6.61 Å². The lowest BCUT2D eigenvalue weighted by atomic mass is 9.65. The van der Waals surface area contributed by atoms with Crippen molar-refractivity contribution < 1.29 is 14.3 Å². The molecule has 0 aromatic heterocycles. The zero-order valence-corrected chi connectivity index (χ0v) is 14.6. The summed E-state index contributed by atoms with van der Waals surface area (Å²) in [6, 6.07) is 0. The molecule has 0 spiro atoms. The third-order valence-corrected chi connectivity index (χ3v) is 5.54. The maximum atomic E-state index is 12.5. The Hall–Kier alpha value is -1.64. The maximum Gasteiger partial charge on any atom is 0.232 e. The minimum atomic E-state index is -0.366. The summed E-state index contributed by atoms with van der Waals surface area (Å²) >= 11 is 0. The van der Waals surface area contributed by atoms with Gasteiger partial charge in [-0.2, -0.15) is 0 Å². The van der Waals surface area contributed by atoms with E-state index in [-0.39, 0.29) is 17.5 Å². The summed E-state index contributed by atoms with van der Waals surface area (Å²) < 4.78 is 6.00. The molecule has 124 valence electrons. The minimum Gasteiger partial charge on any atom is -0.493 e. The molecule has 1 aliphatic heterocycles. The van der Waals surface area contributed by atoms with Gasteiger partial charge in [-0.25, -0.2) is 0 Å². The molecule has 3 aliphatic rings. The van der Waals surface area contributed by atoms with E-state index in [9.17, 15) is 9.59 Å². The highest BCUT2D eigenvalue weighted by Crippen LogP contribution is 2.49. The molecule has 23 heavy (non-hydrogen) atoms. The van der Waals surface area contributed by atoms with Crippen molar-refractivity contribution in [3.8, 4) is 0 Å². The molecule has 0 amide bonds. The third-order valence-electron chi connectivity index (χ3n) is 5.54. The topological polar surface area (TPSA) is 43.4 Å². The van der Waals surface area contributed by atoms with Crippen molar-refractivity contribution in [2.75, 3.05) is 6.61 Å². The van der Waals surface area contributed by atoms with Gasteiger partial charge in [-0.05, 0) is 58.3 Å². The molecule has 2 aliphatic carbocycles. The van der Waals surface area contributed by atoms with E-state index in [0.29, 0.717) is 24.0 Å². The van der Waals surface area contributed by atoms with Crippen LogP contribution in [-0.2, 0) is 14.3 Å². The lowest BCUT2D eigenvalue weighted by Gasteiger charge is -2.43. The molecular weight excluding hydrogens is 288 g/mol. The number of hydrogen-bond donors (Lipinski definition) is 0. The lowest BCUT2D eigenvalue weighted by molar-refractivity contribution is -0.133. The van der Waals surface area contributed by atoms with Gasteiger partial charge in [-0.3, -0.25) is 9.59 Å². The number of Topliss-reactive ketones (excluding diaryl/α,β-unsaturated/α-hetero) is 2. The highest BCUT2D eigenvalue weighted by atomic mass is 16.5. The number of carbonyl (C=O) groups excluding carboxylic acids is 2. The van der Waals surface area contributed by atoms with E-state index in [1.54, 1.807) is 6.92 Å². The van der Waals surface area contributed by atoms with Crippen LogP contribution in [0.3, 0.4) is 0 Å². The summed E-state index contributed by atoms with van der Waals surface area (Å²) in [5.74, 6) is 1.06. The van der Waals surface area contributed by atoms with E-state index in [0.717, 1.165) is 42.6 Å². The quantitative estimate of drug-likeness (QED) is 0.446. The molecule has 1 saturated heterocycles. The lowest BCUT2D eigenvalue weighted by Crippen LogP contribution is -2.40. The average molecular weight is 314 g/mol.